The van der Waals surface area contributed by atoms with Gasteiger partial charge in [0.15, 0.2) is 0 Å². The summed E-state index contributed by atoms with van der Waals surface area (Å²) in [6.07, 6.45) is 5.41. The Labute approximate surface area is 158 Å². The van der Waals surface area contributed by atoms with Gasteiger partial charge in [-0.15, -0.1) is 0 Å². The van der Waals surface area contributed by atoms with Crippen molar-refractivity contribution in [3.05, 3.63) is 41.9 Å². The molecule has 1 atom stereocenters. The molecule has 0 bridgehead atoms. The molecule has 4 heterocycles. The van der Waals surface area contributed by atoms with Crippen LogP contribution in [-0.2, 0) is 4.74 Å². The normalized spacial score (nSPS) is 21.5. The monoisotopic (exact) mass is 371 g/mol. The first-order chi connectivity index (χ1) is 13.2. The fourth-order valence-electron chi connectivity index (χ4n) is 4.19. The van der Waals surface area contributed by atoms with Crippen LogP contribution in [0.1, 0.15) is 41.9 Å². The molecule has 2 aliphatic rings. The van der Waals surface area contributed by atoms with Crippen molar-refractivity contribution in [2.45, 2.75) is 38.2 Å². The molecule has 1 amide bonds. The summed E-state index contributed by atoms with van der Waals surface area (Å²) in [6.45, 7) is 4.58. The van der Waals surface area contributed by atoms with Gasteiger partial charge in [0.25, 0.3) is 5.91 Å². The summed E-state index contributed by atoms with van der Waals surface area (Å²) in [6, 6.07) is 7.36. The summed E-state index contributed by atoms with van der Waals surface area (Å²) in [7, 11) is 0. The van der Waals surface area contributed by atoms with Crippen LogP contribution < -0.4 is 4.74 Å². The summed E-state index contributed by atoms with van der Waals surface area (Å²) < 4.78 is 17.1. The van der Waals surface area contributed by atoms with Crippen molar-refractivity contribution in [1.82, 2.24) is 15.0 Å². The van der Waals surface area contributed by atoms with E-state index < -0.39 is 0 Å². The van der Waals surface area contributed by atoms with Gasteiger partial charge < -0.3 is 18.9 Å². The Hall–Kier alpha value is -2.41. The standard InChI is InChI=1S/C20H25N3O4/c1-15-14-17(27-22-15)19(24)23-10-7-20(8-11-23)16(6-13-26-20)5-12-25-18-4-2-3-9-21-18/h2-4,9,14,16H,5-8,10-13H2,1H3/t16-/m0/s1. The highest BCUT2D eigenvalue weighted by atomic mass is 16.5. The van der Waals surface area contributed by atoms with Crippen LogP contribution >= 0.6 is 0 Å². The third kappa shape index (κ3) is 3.83. The van der Waals surface area contributed by atoms with Crippen LogP contribution in [0.15, 0.2) is 35.0 Å². The predicted molar refractivity (Wildman–Crippen MR) is 97.5 cm³/mol. The molecule has 2 aliphatic heterocycles. The number of rotatable bonds is 5. The molecule has 144 valence electrons. The number of amides is 1. The topological polar surface area (TPSA) is 77.7 Å². The van der Waals surface area contributed by atoms with E-state index in [9.17, 15) is 4.79 Å². The van der Waals surface area contributed by atoms with E-state index in [1.54, 1.807) is 12.3 Å². The molecule has 4 rings (SSSR count). The molecular weight excluding hydrogens is 346 g/mol. The molecule has 2 fully saturated rings. The van der Waals surface area contributed by atoms with Crippen molar-refractivity contribution in [2.75, 3.05) is 26.3 Å². The zero-order valence-electron chi connectivity index (χ0n) is 15.6. The number of nitrogens with zero attached hydrogens (tertiary/aromatic N) is 3. The van der Waals surface area contributed by atoms with Crippen molar-refractivity contribution in [3.63, 3.8) is 0 Å². The van der Waals surface area contributed by atoms with E-state index in [1.165, 1.54) is 0 Å². The predicted octanol–water partition coefficient (Wildman–Crippen LogP) is 2.86. The molecular formula is C20H25N3O4. The molecule has 1 spiro atoms. The first-order valence-electron chi connectivity index (χ1n) is 9.57. The summed E-state index contributed by atoms with van der Waals surface area (Å²) in [5.41, 5.74) is 0.584. The SMILES string of the molecule is Cc1cc(C(=O)N2CCC3(CC2)OCC[C@@H]3CCOc2ccccn2)on1. The first-order valence-corrected chi connectivity index (χ1v) is 9.57. The first kappa shape index (κ1) is 18.0. The fraction of sp³-hybridized carbons (Fsp3) is 0.550. The largest absolute Gasteiger partial charge is 0.478 e. The van der Waals surface area contributed by atoms with Gasteiger partial charge in [-0.05, 0) is 44.6 Å². The van der Waals surface area contributed by atoms with E-state index in [4.69, 9.17) is 14.0 Å². The smallest absolute Gasteiger partial charge is 0.292 e. The highest BCUT2D eigenvalue weighted by Crippen LogP contribution is 2.42. The molecule has 0 saturated carbocycles. The van der Waals surface area contributed by atoms with Crippen LogP contribution in [0, 0.1) is 12.8 Å². The van der Waals surface area contributed by atoms with E-state index in [1.807, 2.05) is 30.0 Å². The average Bonchev–Trinajstić information content (AvgIpc) is 3.30. The summed E-state index contributed by atoms with van der Waals surface area (Å²) >= 11 is 0. The third-order valence-electron chi connectivity index (χ3n) is 5.69. The number of aryl methyl sites for hydroxylation is 1. The number of pyridine rings is 1. The zero-order valence-corrected chi connectivity index (χ0v) is 15.6. The molecule has 0 aliphatic carbocycles. The van der Waals surface area contributed by atoms with Crippen LogP contribution in [0.25, 0.3) is 0 Å². The van der Waals surface area contributed by atoms with E-state index in [-0.39, 0.29) is 11.5 Å². The number of aromatic nitrogens is 2. The number of hydrogen-bond donors (Lipinski definition) is 0. The summed E-state index contributed by atoms with van der Waals surface area (Å²) in [5, 5.41) is 3.81. The van der Waals surface area contributed by atoms with Gasteiger partial charge in [-0.2, -0.15) is 0 Å². The Kier molecular flexibility index (Phi) is 5.11. The molecule has 2 aromatic rings. The van der Waals surface area contributed by atoms with Gasteiger partial charge in [0, 0.05) is 38.0 Å². The highest BCUT2D eigenvalue weighted by molar-refractivity contribution is 5.91. The maximum absolute atomic E-state index is 12.6. The van der Waals surface area contributed by atoms with E-state index in [0.717, 1.165) is 38.0 Å². The van der Waals surface area contributed by atoms with Gasteiger partial charge in [-0.3, -0.25) is 4.79 Å². The van der Waals surface area contributed by atoms with E-state index >= 15 is 0 Å². The minimum absolute atomic E-state index is 0.0847. The van der Waals surface area contributed by atoms with Gasteiger partial charge in [0.1, 0.15) is 0 Å². The van der Waals surface area contributed by atoms with Crippen LogP contribution in [0.3, 0.4) is 0 Å². The van der Waals surface area contributed by atoms with Gasteiger partial charge in [0.05, 0.1) is 17.9 Å². The van der Waals surface area contributed by atoms with Crippen molar-refractivity contribution >= 4 is 5.91 Å². The highest BCUT2D eigenvalue weighted by Gasteiger charge is 2.46. The van der Waals surface area contributed by atoms with Gasteiger partial charge in [-0.25, -0.2) is 4.98 Å². The van der Waals surface area contributed by atoms with Crippen molar-refractivity contribution in [2.24, 2.45) is 5.92 Å². The minimum atomic E-state index is -0.137. The van der Waals surface area contributed by atoms with Crippen LogP contribution in [-0.4, -0.2) is 52.9 Å². The lowest BCUT2D eigenvalue weighted by Crippen LogP contribution is -2.49. The van der Waals surface area contributed by atoms with Crippen molar-refractivity contribution in [1.29, 1.82) is 0 Å². The number of hydrogen-bond acceptors (Lipinski definition) is 6. The van der Waals surface area contributed by atoms with Gasteiger partial charge in [-0.1, -0.05) is 11.2 Å². The van der Waals surface area contributed by atoms with Crippen LogP contribution in [0.4, 0.5) is 0 Å². The number of carbonyl (C=O) groups is 1. The third-order valence-corrected chi connectivity index (χ3v) is 5.69. The Balaban J connectivity index is 1.31. The van der Waals surface area contributed by atoms with Gasteiger partial charge >= 0.3 is 0 Å². The number of piperidine rings is 1. The van der Waals surface area contributed by atoms with Crippen LogP contribution in [0.5, 0.6) is 5.88 Å². The van der Waals surface area contributed by atoms with E-state index in [0.29, 0.717) is 37.3 Å². The Bertz CT molecular complexity index is 769. The van der Waals surface area contributed by atoms with Crippen LogP contribution in [0.2, 0.25) is 0 Å². The second kappa shape index (κ2) is 7.68. The van der Waals surface area contributed by atoms with Crippen molar-refractivity contribution in [3.8, 4) is 5.88 Å². The molecule has 7 nitrogen and oxygen atoms in total. The molecule has 0 radical (unpaired) electrons. The number of likely N-dealkylation sites (tertiary alicyclic amines) is 1. The molecule has 2 saturated heterocycles. The Morgan fingerprint density at radius 1 is 1.37 bits per heavy atom. The maximum Gasteiger partial charge on any atom is 0.292 e. The Morgan fingerprint density at radius 2 is 2.22 bits per heavy atom. The molecule has 2 aromatic heterocycles. The number of ether oxygens (including phenoxy) is 2. The molecule has 0 aromatic carbocycles. The van der Waals surface area contributed by atoms with E-state index in [2.05, 4.69) is 10.1 Å². The molecule has 27 heavy (non-hydrogen) atoms. The summed E-state index contributed by atoms with van der Waals surface area (Å²) in [5.74, 6) is 1.34. The average molecular weight is 371 g/mol. The minimum Gasteiger partial charge on any atom is -0.478 e. The number of carbonyl (C=O) groups excluding carboxylic acids is 1. The maximum atomic E-state index is 12.6. The lowest BCUT2D eigenvalue weighted by Gasteiger charge is -2.42. The summed E-state index contributed by atoms with van der Waals surface area (Å²) in [4.78, 5) is 18.6. The molecule has 7 heteroatoms. The molecule has 0 unspecified atom stereocenters. The lowest BCUT2D eigenvalue weighted by molar-refractivity contribution is -0.0652. The Morgan fingerprint density at radius 3 is 2.93 bits per heavy atom. The lowest BCUT2D eigenvalue weighted by atomic mass is 9.78. The van der Waals surface area contributed by atoms with Gasteiger partial charge in [0.2, 0.25) is 11.6 Å². The second-order valence-corrected chi connectivity index (χ2v) is 7.33. The molecule has 0 N–H and O–H groups in total. The van der Waals surface area contributed by atoms with Crippen molar-refractivity contribution < 1.29 is 18.8 Å². The second-order valence-electron chi connectivity index (χ2n) is 7.33. The quantitative estimate of drug-likeness (QED) is 0.804. The fourth-order valence-corrected chi connectivity index (χ4v) is 4.19. The zero-order chi connectivity index (χ0) is 18.7.